The van der Waals surface area contributed by atoms with E-state index in [1.165, 1.54) is 29.3 Å². The van der Waals surface area contributed by atoms with Gasteiger partial charge in [0.25, 0.3) is 0 Å². The lowest BCUT2D eigenvalue weighted by Gasteiger charge is -2.11. The van der Waals surface area contributed by atoms with E-state index in [2.05, 4.69) is 57.6 Å². The Hall–Kier alpha value is -1.79. The van der Waals surface area contributed by atoms with E-state index in [4.69, 9.17) is 10.7 Å². The molecule has 0 unspecified atom stereocenters. The quantitative estimate of drug-likeness (QED) is 0.540. The van der Waals surface area contributed by atoms with Gasteiger partial charge in [-0.2, -0.15) is 0 Å². The third-order valence-electron chi connectivity index (χ3n) is 3.34. The smallest absolute Gasteiger partial charge is 0.188 e. The predicted molar refractivity (Wildman–Crippen MR) is 124 cm³/mol. The molecule has 2 aromatic rings. The number of nitrogens with one attached hydrogen (secondary N) is 1. The summed E-state index contributed by atoms with van der Waals surface area (Å²) in [6.07, 6.45) is 1.25. The van der Waals surface area contributed by atoms with Gasteiger partial charge in [0.2, 0.25) is 0 Å². The maximum absolute atomic E-state index is 5.74. The van der Waals surface area contributed by atoms with Crippen LogP contribution in [0.2, 0.25) is 0 Å². The summed E-state index contributed by atoms with van der Waals surface area (Å²) in [5, 5.41) is 6.71. The highest BCUT2D eigenvalue weighted by Crippen LogP contribution is 2.35. The molecule has 0 aliphatic heterocycles. The summed E-state index contributed by atoms with van der Waals surface area (Å²) in [5.41, 5.74) is 10.1. The second-order valence-electron chi connectivity index (χ2n) is 6.82. The molecule has 2 rings (SSSR count). The van der Waals surface area contributed by atoms with Crippen LogP contribution in [0, 0.1) is 6.92 Å². The zero-order chi connectivity index (χ0) is 20.6. The number of thiazole rings is 1. The molecule has 0 aliphatic carbocycles. The van der Waals surface area contributed by atoms with Crippen molar-refractivity contribution in [3.63, 3.8) is 0 Å². The highest BCUT2D eigenvalue weighted by molar-refractivity contribution is 8.11. The molecule has 0 bridgehead atoms. The maximum atomic E-state index is 5.74. The van der Waals surface area contributed by atoms with E-state index in [1.807, 2.05) is 25.3 Å². The highest BCUT2D eigenvalue weighted by Gasteiger charge is 2.12. The molecule has 0 saturated carbocycles. The summed E-state index contributed by atoms with van der Waals surface area (Å²) in [6, 6.07) is 4.08. The fourth-order valence-corrected chi connectivity index (χ4v) is 3.74. The lowest BCUT2D eigenvalue weighted by atomic mass is 10.1. The number of rotatable bonds is 6. The maximum Gasteiger partial charge on any atom is 0.188 e. The molecule has 0 radical (unpaired) electrons. The van der Waals surface area contributed by atoms with Gasteiger partial charge in [0, 0.05) is 16.0 Å². The first-order chi connectivity index (χ1) is 12.7. The van der Waals surface area contributed by atoms with Crippen molar-refractivity contribution in [2.24, 2.45) is 5.73 Å². The lowest BCUT2D eigenvalue weighted by molar-refractivity contribution is 0.813. The molecular weight excluding hydrogens is 372 g/mol. The van der Waals surface area contributed by atoms with Gasteiger partial charge in [-0.1, -0.05) is 64.1 Å². The first-order valence-corrected chi connectivity index (χ1v) is 10.9. The second-order valence-corrected chi connectivity index (χ2v) is 8.82. The molecule has 4 nitrogen and oxygen atoms in total. The molecule has 0 saturated heterocycles. The number of anilines is 2. The fraction of sp³-hybridized carbons (Fsp3) is 0.429. The van der Waals surface area contributed by atoms with E-state index in [9.17, 15) is 0 Å². The predicted octanol–water partition coefficient (Wildman–Crippen LogP) is 7.04. The van der Waals surface area contributed by atoms with Gasteiger partial charge in [-0.15, -0.1) is 11.3 Å². The van der Waals surface area contributed by atoms with Gasteiger partial charge in [-0.25, -0.2) is 9.97 Å². The van der Waals surface area contributed by atoms with Crippen LogP contribution in [-0.2, 0) is 0 Å². The van der Waals surface area contributed by atoms with Crippen molar-refractivity contribution >= 4 is 39.0 Å². The Labute approximate surface area is 172 Å². The van der Waals surface area contributed by atoms with E-state index >= 15 is 0 Å². The summed E-state index contributed by atoms with van der Waals surface area (Å²) in [7, 11) is 0. The molecule has 27 heavy (non-hydrogen) atoms. The molecule has 0 fully saturated rings. The minimum atomic E-state index is 0.392. The van der Waals surface area contributed by atoms with E-state index in [0.717, 1.165) is 27.2 Å². The molecule has 0 atom stereocenters. The van der Waals surface area contributed by atoms with E-state index in [-0.39, 0.29) is 0 Å². The number of nitrogens with zero attached hydrogens (tertiary/aromatic N) is 2. The normalized spacial score (nSPS) is 10.2. The van der Waals surface area contributed by atoms with Gasteiger partial charge in [0.05, 0.1) is 10.7 Å². The third kappa shape index (κ3) is 7.39. The lowest BCUT2D eigenvalue weighted by Crippen LogP contribution is -2.01. The second kappa shape index (κ2) is 11.1. The van der Waals surface area contributed by atoms with Crippen LogP contribution < -0.4 is 11.1 Å². The number of hydrogen-bond acceptors (Lipinski definition) is 6. The number of aromatic nitrogens is 2. The van der Waals surface area contributed by atoms with Crippen molar-refractivity contribution in [1.82, 2.24) is 9.97 Å². The number of nitrogens with two attached hydrogens (primary N) is 1. The van der Waals surface area contributed by atoms with Crippen LogP contribution in [0.1, 0.15) is 70.8 Å². The van der Waals surface area contributed by atoms with Gasteiger partial charge in [-0.05, 0) is 38.3 Å². The average Bonchev–Trinajstić information content (AvgIpc) is 3.02. The van der Waals surface area contributed by atoms with Gasteiger partial charge < -0.3 is 11.1 Å². The summed E-state index contributed by atoms with van der Waals surface area (Å²) in [4.78, 5) is 10.4. The monoisotopic (exact) mass is 404 g/mol. The zero-order valence-corrected chi connectivity index (χ0v) is 19.1. The summed E-state index contributed by atoms with van der Waals surface area (Å²) in [6.45, 7) is 18.5. The average molecular weight is 405 g/mol. The van der Waals surface area contributed by atoms with Gasteiger partial charge >= 0.3 is 0 Å². The zero-order valence-electron chi connectivity index (χ0n) is 17.5. The minimum Gasteiger partial charge on any atom is -0.394 e. The minimum absolute atomic E-state index is 0.392. The number of aryl methyl sites for hydroxylation is 1. The summed E-state index contributed by atoms with van der Waals surface area (Å²) >= 11 is 3.01. The van der Waals surface area contributed by atoms with Crippen LogP contribution in [-0.4, -0.2) is 9.97 Å². The molecule has 2 heterocycles. The standard InChI is InChI=1S/C18H24N4S2.C3H8/c1-10(2)16-12(5)7-8-15(21-16)22-18-20-14(9-23-18)17(11(3)4)24-13(6)19;1-3-2/h7-10H,6,19H2,1-5H3,(H,20,21,22);3H2,1-2H3. The van der Waals surface area contributed by atoms with Crippen molar-refractivity contribution in [1.29, 1.82) is 0 Å². The summed E-state index contributed by atoms with van der Waals surface area (Å²) in [5.74, 6) is 1.21. The highest BCUT2D eigenvalue weighted by atomic mass is 32.2. The van der Waals surface area contributed by atoms with E-state index < -0.39 is 0 Å². The van der Waals surface area contributed by atoms with Crippen LogP contribution in [0.4, 0.5) is 10.9 Å². The van der Waals surface area contributed by atoms with Gasteiger partial charge in [0.1, 0.15) is 5.82 Å². The number of allylic oxidation sites excluding steroid dienone is 1. The Kier molecular flexibility index (Phi) is 9.60. The number of hydrogen-bond donors (Lipinski definition) is 2. The SMILES string of the molecule is C=C(N)SC(=C(C)C)c1csc(Nc2ccc(C)c(C(C)C)n2)n1.CCC. The van der Waals surface area contributed by atoms with Crippen LogP contribution in [0.3, 0.4) is 0 Å². The molecule has 0 amide bonds. The van der Waals surface area contributed by atoms with Crippen molar-refractivity contribution in [3.05, 3.63) is 51.6 Å². The first-order valence-electron chi connectivity index (χ1n) is 9.19. The molecule has 0 spiro atoms. The van der Waals surface area contributed by atoms with Crippen LogP contribution in [0.25, 0.3) is 4.91 Å². The fourth-order valence-electron chi connectivity index (χ4n) is 2.29. The van der Waals surface area contributed by atoms with Crippen LogP contribution >= 0.6 is 23.1 Å². The first kappa shape index (κ1) is 23.2. The molecule has 3 N–H and O–H groups in total. The molecule has 0 aliphatic rings. The molecule has 2 aromatic heterocycles. The van der Waals surface area contributed by atoms with Crippen LogP contribution in [0.15, 0.2) is 34.7 Å². The van der Waals surface area contributed by atoms with E-state index in [1.54, 1.807) is 11.3 Å². The van der Waals surface area contributed by atoms with Crippen molar-refractivity contribution in [2.45, 2.75) is 60.8 Å². The molecule has 6 heteroatoms. The Morgan fingerprint density at radius 3 is 2.41 bits per heavy atom. The Balaban J connectivity index is 0.00000114. The Bertz CT molecular complexity index is 787. The molecule has 0 aromatic carbocycles. The molecular formula is C21H32N4S2. The van der Waals surface area contributed by atoms with E-state index in [0.29, 0.717) is 10.9 Å². The largest absolute Gasteiger partial charge is 0.394 e. The number of pyridine rings is 1. The topological polar surface area (TPSA) is 63.8 Å². The third-order valence-corrected chi connectivity index (χ3v) is 5.18. The Morgan fingerprint density at radius 2 is 1.89 bits per heavy atom. The van der Waals surface area contributed by atoms with Crippen molar-refractivity contribution in [2.75, 3.05) is 5.32 Å². The van der Waals surface area contributed by atoms with Crippen molar-refractivity contribution in [3.8, 4) is 0 Å². The van der Waals surface area contributed by atoms with Crippen molar-refractivity contribution < 1.29 is 0 Å². The van der Waals surface area contributed by atoms with Gasteiger partial charge in [0.15, 0.2) is 5.13 Å². The van der Waals surface area contributed by atoms with Crippen LogP contribution in [0.5, 0.6) is 0 Å². The Morgan fingerprint density at radius 1 is 1.26 bits per heavy atom. The summed E-state index contributed by atoms with van der Waals surface area (Å²) < 4.78 is 0. The van der Waals surface area contributed by atoms with Gasteiger partial charge in [-0.3, -0.25) is 0 Å². The number of thioether (sulfide) groups is 1. The molecule has 148 valence electrons.